The lowest BCUT2D eigenvalue weighted by atomic mass is 9.55. The van der Waals surface area contributed by atoms with E-state index in [1.165, 1.54) is 49.7 Å². The SMILES string of the molecule is CCCCC1=CCC2C3C=Cc4cc(O)ccc4C3CCC12C. The number of phenols is 1. The van der Waals surface area contributed by atoms with E-state index in [4.69, 9.17) is 0 Å². The predicted octanol–water partition coefficient (Wildman–Crippen LogP) is 6.06. The van der Waals surface area contributed by atoms with Crippen molar-refractivity contribution >= 4 is 6.08 Å². The van der Waals surface area contributed by atoms with Crippen LogP contribution in [0.4, 0.5) is 0 Å². The number of benzene rings is 1. The molecule has 0 spiro atoms. The molecule has 4 unspecified atom stereocenters. The molecule has 0 amide bonds. The number of aromatic hydroxyl groups is 1. The van der Waals surface area contributed by atoms with Gasteiger partial charge < -0.3 is 5.11 Å². The molecule has 0 saturated heterocycles. The highest BCUT2D eigenvalue weighted by Crippen LogP contribution is 2.61. The van der Waals surface area contributed by atoms with Gasteiger partial charge in [-0.05, 0) is 78.5 Å². The molecule has 1 saturated carbocycles. The van der Waals surface area contributed by atoms with Crippen molar-refractivity contribution in [1.82, 2.24) is 0 Å². The van der Waals surface area contributed by atoms with Gasteiger partial charge in [0.25, 0.3) is 0 Å². The smallest absolute Gasteiger partial charge is 0.116 e. The molecule has 1 fully saturated rings. The van der Waals surface area contributed by atoms with E-state index in [-0.39, 0.29) is 0 Å². The molecule has 0 heterocycles. The first kappa shape index (κ1) is 15.1. The summed E-state index contributed by atoms with van der Waals surface area (Å²) in [6.45, 7) is 4.82. The van der Waals surface area contributed by atoms with Crippen molar-refractivity contribution in [2.45, 2.75) is 58.3 Å². The Morgan fingerprint density at radius 1 is 1.30 bits per heavy atom. The highest BCUT2D eigenvalue weighted by molar-refractivity contribution is 5.61. The third kappa shape index (κ3) is 2.28. The predicted molar refractivity (Wildman–Crippen MR) is 96.4 cm³/mol. The molecule has 0 bridgehead atoms. The van der Waals surface area contributed by atoms with Crippen LogP contribution in [0.25, 0.3) is 6.08 Å². The standard InChI is InChI=1S/C22H28O/c1-3-4-5-16-7-11-21-20-9-6-15-14-17(23)8-10-18(15)19(20)12-13-22(16,21)2/h6-10,14,19-21,23H,3-5,11-13H2,1-2H3. The molecule has 3 aliphatic carbocycles. The fourth-order valence-electron chi connectivity index (χ4n) is 5.50. The maximum atomic E-state index is 9.75. The van der Waals surface area contributed by atoms with E-state index in [9.17, 15) is 5.11 Å². The van der Waals surface area contributed by atoms with Crippen molar-refractivity contribution in [3.8, 4) is 5.75 Å². The maximum Gasteiger partial charge on any atom is 0.116 e. The van der Waals surface area contributed by atoms with Crippen molar-refractivity contribution in [1.29, 1.82) is 0 Å². The Bertz CT molecular complexity index is 669. The molecule has 0 radical (unpaired) electrons. The summed E-state index contributed by atoms with van der Waals surface area (Å²) in [5.74, 6) is 2.47. The van der Waals surface area contributed by atoms with Crippen molar-refractivity contribution < 1.29 is 5.11 Å². The number of rotatable bonds is 3. The second kappa shape index (κ2) is 5.54. The van der Waals surface area contributed by atoms with Crippen LogP contribution < -0.4 is 0 Å². The molecule has 1 heteroatoms. The molecule has 3 aliphatic rings. The van der Waals surface area contributed by atoms with E-state index >= 15 is 0 Å². The van der Waals surface area contributed by atoms with Crippen LogP contribution in [-0.4, -0.2) is 5.11 Å². The zero-order valence-corrected chi connectivity index (χ0v) is 14.4. The summed E-state index contributed by atoms with van der Waals surface area (Å²) < 4.78 is 0. The Labute approximate surface area is 140 Å². The summed E-state index contributed by atoms with van der Waals surface area (Å²) in [6.07, 6.45) is 15.1. The van der Waals surface area contributed by atoms with Gasteiger partial charge in [0.05, 0.1) is 0 Å². The molecule has 1 nitrogen and oxygen atoms in total. The maximum absolute atomic E-state index is 9.75. The zero-order valence-electron chi connectivity index (χ0n) is 14.4. The Hall–Kier alpha value is -1.50. The first-order valence-electron chi connectivity index (χ1n) is 9.34. The number of allylic oxidation sites excluding steroid dienone is 3. The van der Waals surface area contributed by atoms with Crippen LogP contribution in [0.1, 0.15) is 69.4 Å². The van der Waals surface area contributed by atoms with Crippen LogP contribution in [0.2, 0.25) is 0 Å². The van der Waals surface area contributed by atoms with E-state index in [1.807, 2.05) is 12.1 Å². The largest absolute Gasteiger partial charge is 0.508 e. The Morgan fingerprint density at radius 3 is 3.00 bits per heavy atom. The molecule has 4 atom stereocenters. The number of hydrogen-bond acceptors (Lipinski definition) is 1. The highest BCUT2D eigenvalue weighted by Gasteiger charge is 2.50. The van der Waals surface area contributed by atoms with Gasteiger partial charge in [0, 0.05) is 0 Å². The van der Waals surface area contributed by atoms with E-state index in [1.54, 1.807) is 5.57 Å². The van der Waals surface area contributed by atoms with Gasteiger partial charge in [-0.1, -0.05) is 50.1 Å². The molecule has 1 N–H and O–H groups in total. The Kier molecular flexibility index (Phi) is 3.63. The van der Waals surface area contributed by atoms with Crippen molar-refractivity contribution in [2.24, 2.45) is 17.3 Å². The van der Waals surface area contributed by atoms with E-state index in [2.05, 4.69) is 38.1 Å². The average Bonchev–Trinajstić information content (AvgIpc) is 2.89. The van der Waals surface area contributed by atoms with Crippen molar-refractivity contribution in [3.63, 3.8) is 0 Å². The summed E-state index contributed by atoms with van der Waals surface area (Å²) in [4.78, 5) is 0. The van der Waals surface area contributed by atoms with Gasteiger partial charge in [-0.15, -0.1) is 0 Å². The topological polar surface area (TPSA) is 20.2 Å². The van der Waals surface area contributed by atoms with Crippen molar-refractivity contribution in [2.75, 3.05) is 0 Å². The number of phenolic OH excluding ortho intramolecular Hbond substituents is 1. The van der Waals surface area contributed by atoms with Crippen LogP contribution in [0, 0.1) is 17.3 Å². The highest BCUT2D eigenvalue weighted by atomic mass is 16.3. The normalized spacial score (nSPS) is 34.5. The quantitative estimate of drug-likeness (QED) is 0.673. The third-order valence-corrected chi connectivity index (χ3v) is 6.84. The van der Waals surface area contributed by atoms with Gasteiger partial charge in [0.15, 0.2) is 0 Å². The third-order valence-electron chi connectivity index (χ3n) is 6.84. The van der Waals surface area contributed by atoms with Gasteiger partial charge in [0.1, 0.15) is 5.75 Å². The number of hydrogen-bond donors (Lipinski definition) is 1. The minimum atomic E-state index is 0.386. The van der Waals surface area contributed by atoms with Gasteiger partial charge in [-0.25, -0.2) is 0 Å². The molecular formula is C22H28O. The molecule has 0 aromatic heterocycles. The van der Waals surface area contributed by atoms with Crippen molar-refractivity contribution in [3.05, 3.63) is 47.1 Å². The van der Waals surface area contributed by atoms with E-state index < -0.39 is 0 Å². The molecule has 122 valence electrons. The fraction of sp³-hybridized carbons (Fsp3) is 0.545. The van der Waals surface area contributed by atoms with Gasteiger partial charge in [0.2, 0.25) is 0 Å². The monoisotopic (exact) mass is 308 g/mol. The van der Waals surface area contributed by atoms with Crippen LogP contribution in [0.3, 0.4) is 0 Å². The second-order valence-electron chi connectivity index (χ2n) is 7.99. The summed E-state index contributed by atoms with van der Waals surface area (Å²) in [5, 5.41) is 9.75. The molecular weight excluding hydrogens is 280 g/mol. The molecule has 1 aromatic carbocycles. The Morgan fingerprint density at radius 2 is 2.17 bits per heavy atom. The average molecular weight is 308 g/mol. The zero-order chi connectivity index (χ0) is 16.0. The van der Waals surface area contributed by atoms with E-state index in [0.29, 0.717) is 23.0 Å². The minimum Gasteiger partial charge on any atom is -0.508 e. The van der Waals surface area contributed by atoms with Gasteiger partial charge in [-0.3, -0.25) is 0 Å². The van der Waals surface area contributed by atoms with E-state index in [0.717, 1.165) is 5.92 Å². The summed E-state index contributed by atoms with van der Waals surface area (Å²) >= 11 is 0. The Balaban J connectivity index is 1.63. The molecule has 23 heavy (non-hydrogen) atoms. The lowest BCUT2D eigenvalue weighted by Crippen LogP contribution is -2.39. The lowest BCUT2D eigenvalue weighted by Gasteiger charge is -2.48. The first-order valence-corrected chi connectivity index (χ1v) is 9.34. The molecule has 1 aromatic rings. The summed E-state index contributed by atoms with van der Waals surface area (Å²) in [5.41, 5.74) is 4.86. The number of unbranched alkanes of at least 4 members (excludes halogenated alkanes) is 1. The second-order valence-corrected chi connectivity index (χ2v) is 7.99. The number of fused-ring (bicyclic) bond motifs is 5. The fourth-order valence-corrected chi connectivity index (χ4v) is 5.50. The van der Waals surface area contributed by atoms with Gasteiger partial charge >= 0.3 is 0 Å². The van der Waals surface area contributed by atoms with Gasteiger partial charge in [-0.2, -0.15) is 0 Å². The minimum absolute atomic E-state index is 0.386. The summed E-state index contributed by atoms with van der Waals surface area (Å²) in [7, 11) is 0. The molecule has 0 aliphatic heterocycles. The molecule has 4 rings (SSSR count). The van der Waals surface area contributed by atoms with Crippen LogP contribution in [0.5, 0.6) is 5.75 Å². The first-order chi connectivity index (χ1) is 11.1. The lowest BCUT2D eigenvalue weighted by molar-refractivity contribution is 0.111. The van der Waals surface area contributed by atoms with Crippen LogP contribution >= 0.6 is 0 Å². The van der Waals surface area contributed by atoms with Crippen LogP contribution in [0.15, 0.2) is 35.9 Å². The summed E-state index contributed by atoms with van der Waals surface area (Å²) in [6, 6.07) is 5.95. The van der Waals surface area contributed by atoms with Crippen LogP contribution in [-0.2, 0) is 0 Å².